The molecule has 2 atom stereocenters. The molecule has 0 aromatic heterocycles. The highest BCUT2D eigenvalue weighted by atomic mass is 16.5. The lowest BCUT2D eigenvalue weighted by atomic mass is 9.95. The van der Waals surface area contributed by atoms with E-state index in [1.807, 2.05) is 12.1 Å². The molecule has 0 amide bonds. The van der Waals surface area contributed by atoms with Gasteiger partial charge < -0.3 is 10.5 Å². The number of nitrogen functional groups attached to an aromatic ring is 1. The fourth-order valence-electron chi connectivity index (χ4n) is 2.83. The molecule has 20 heavy (non-hydrogen) atoms. The van der Waals surface area contributed by atoms with E-state index in [-0.39, 0.29) is 5.84 Å². The van der Waals surface area contributed by atoms with Crippen molar-refractivity contribution in [1.82, 2.24) is 4.90 Å². The van der Waals surface area contributed by atoms with E-state index in [1.54, 1.807) is 7.11 Å². The van der Waals surface area contributed by atoms with Crippen LogP contribution in [0.2, 0.25) is 0 Å². The van der Waals surface area contributed by atoms with E-state index in [1.165, 1.54) is 17.5 Å². The summed E-state index contributed by atoms with van der Waals surface area (Å²) in [4.78, 5) is 2.45. The number of rotatable bonds is 4. The molecule has 1 saturated heterocycles. The molecule has 4 nitrogen and oxygen atoms in total. The summed E-state index contributed by atoms with van der Waals surface area (Å²) in [5.74, 6) is 0.767. The lowest BCUT2D eigenvalue weighted by Gasteiger charge is -2.36. The molecule has 4 heteroatoms. The van der Waals surface area contributed by atoms with E-state index in [0.29, 0.717) is 12.0 Å². The zero-order valence-corrected chi connectivity index (χ0v) is 12.6. The number of methoxy groups -OCH3 is 1. The lowest BCUT2D eigenvalue weighted by molar-refractivity contribution is -0.00749. The number of likely N-dealkylation sites (tertiary alicyclic amines) is 1. The third-order valence-corrected chi connectivity index (χ3v) is 4.32. The molecule has 3 N–H and O–H groups in total. The van der Waals surface area contributed by atoms with Gasteiger partial charge >= 0.3 is 0 Å². The first-order valence-corrected chi connectivity index (χ1v) is 7.20. The Kier molecular flexibility index (Phi) is 4.78. The Hall–Kier alpha value is -1.39. The fourth-order valence-corrected chi connectivity index (χ4v) is 2.83. The van der Waals surface area contributed by atoms with Crippen LogP contribution in [-0.4, -0.2) is 37.0 Å². The van der Waals surface area contributed by atoms with E-state index in [9.17, 15) is 0 Å². The molecule has 110 valence electrons. The molecular formula is C16H25N3O. The molecule has 1 heterocycles. The van der Waals surface area contributed by atoms with Gasteiger partial charge in [0.25, 0.3) is 0 Å². The van der Waals surface area contributed by atoms with Gasteiger partial charge in [-0.05, 0) is 43.0 Å². The smallest absolute Gasteiger partial charge is 0.122 e. The van der Waals surface area contributed by atoms with Crippen molar-refractivity contribution in [2.45, 2.75) is 32.9 Å². The van der Waals surface area contributed by atoms with Crippen molar-refractivity contribution in [3.05, 3.63) is 34.9 Å². The number of benzene rings is 1. The Balaban J connectivity index is 2.05. The minimum atomic E-state index is 0.130. The van der Waals surface area contributed by atoms with Crippen molar-refractivity contribution < 1.29 is 4.74 Å². The second-order valence-corrected chi connectivity index (χ2v) is 5.83. The molecule has 2 rings (SSSR count). The molecule has 0 bridgehead atoms. The molecule has 1 aromatic rings. The van der Waals surface area contributed by atoms with Crippen molar-refractivity contribution >= 4 is 5.84 Å². The summed E-state index contributed by atoms with van der Waals surface area (Å²) < 4.78 is 5.57. The van der Waals surface area contributed by atoms with Crippen LogP contribution < -0.4 is 5.73 Å². The van der Waals surface area contributed by atoms with E-state index in [2.05, 4.69) is 24.8 Å². The van der Waals surface area contributed by atoms with Gasteiger partial charge in [0.2, 0.25) is 0 Å². The second kappa shape index (κ2) is 6.37. The van der Waals surface area contributed by atoms with Crippen LogP contribution in [0.4, 0.5) is 0 Å². The van der Waals surface area contributed by atoms with Crippen LogP contribution in [-0.2, 0) is 11.3 Å². The standard InChI is InChI=1S/C16H25N3O/c1-11-6-7-19(10-15(11)20-3)9-14-5-4-13(16(17)18)8-12(14)2/h4-5,8,11,15H,6-7,9-10H2,1-3H3,(H3,17,18). The zero-order chi connectivity index (χ0) is 14.7. The molecule has 1 aromatic carbocycles. The topological polar surface area (TPSA) is 62.3 Å². The maximum absolute atomic E-state index is 7.48. The number of nitrogens with zero attached hydrogens (tertiary/aromatic N) is 1. The second-order valence-electron chi connectivity index (χ2n) is 5.83. The summed E-state index contributed by atoms with van der Waals surface area (Å²) in [6, 6.07) is 6.02. The monoisotopic (exact) mass is 275 g/mol. The lowest BCUT2D eigenvalue weighted by Crippen LogP contribution is -2.43. The fraction of sp³-hybridized carbons (Fsp3) is 0.562. The first kappa shape index (κ1) is 15.0. The van der Waals surface area contributed by atoms with Gasteiger partial charge in [0.05, 0.1) is 6.10 Å². The van der Waals surface area contributed by atoms with Gasteiger partial charge in [-0.2, -0.15) is 0 Å². The first-order valence-electron chi connectivity index (χ1n) is 7.20. The van der Waals surface area contributed by atoms with Crippen LogP contribution in [0.1, 0.15) is 30.0 Å². The van der Waals surface area contributed by atoms with Gasteiger partial charge in [-0.3, -0.25) is 10.3 Å². The Labute approximate surface area is 121 Å². The molecular weight excluding hydrogens is 250 g/mol. The van der Waals surface area contributed by atoms with Gasteiger partial charge in [-0.1, -0.05) is 19.1 Å². The highest BCUT2D eigenvalue weighted by Crippen LogP contribution is 2.22. The highest BCUT2D eigenvalue weighted by Gasteiger charge is 2.26. The Morgan fingerprint density at radius 2 is 2.25 bits per heavy atom. The molecule has 0 radical (unpaired) electrons. The van der Waals surface area contributed by atoms with Crippen LogP contribution >= 0.6 is 0 Å². The van der Waals surface area contributed by atoms with E-state index < -0.39 is 0 Å². The molecule has 1 fully saturated rings. The van der Waals surface area contributed by atoms with Crippen LogP contribution in [0.3, 0.4) is 0 Å². The van der Waals surface area contributed by atoms with E-state index in [0.717, 1.165) is 25.2 Å². The maximum Gasteiger partial charge on any atom is 0.122 e. The number of aryl methyl sites for hydroxylation is 1. The van der Waals surface area contributed by atoms with Crippen LogP contribution in [0, 0.1) is 18.3 Å². The number of nitrogens with two attached hydrogens (primary N) is 1. The molecule has 0 spiro atoms. The summed E-state index contributed by atoms with van der Waals surface area (Å²) >= 11 is 0. The number of amidine groups is 1. The summed E-state index contributed by atoms with van der Waals surface area (Å²) in [5.41, 5.74) is 8.83. The average molecular weight is 275 g/mol. The molecule has 2 unspecified atom stereocenters. The molecule has 1 aliphatic heterocycles. The summed E-state index contributed by atoms with van der Waals surface area (Å²) in [7, 11) is 1.80. The minimum absolute atomic E-state index is 0.130. The largest absolute Gasteiger partial charge is 0.384 e. The molecule has 0 aliphatic carbocycles. The predicted octanol–water partition coefficient (Wildman–Crippen LogP) is 2.14. The minimum Gasteiger partial charge on any atom is -0.384 e. The van der Waals surface area contributed by atoms with Crippen LogP contribution in [0.15, 0.2) is 18.2 Å². The molecule has 1 aliphatic rings. The zero-order valence-electron chi connectivity index (χ0n) is 12.6. The third-order valence-electron chi connectivity index (χ3n) is 4.32. The summed E-state index contributed by atoms with van der Waals surface area (Å²) in [6.45, 7) is 7.40. The van der Waals surface area contributed by atoms with Gasteiger partial charge in [0.1, 0.15) is 5.84 Å². The van der Waals surface area contributed by atoms with Crippen LogP contribution in [0.5, 0.6) is 0 Å². The van der Waals surface area contributed by atoms with Crippen molar-refractivity contribution in [3.8, 4) is 0 Å². The van der Waals surface area contributed by atoms with Crippen molar-refractivity contribution in [2.75, 3.05) is 20.2 Å². The predicted molar refractivity (Wildman–Crippen MR) is 82.1 cm³/mol. The Bertz CT molecular complexity index is 487. The van der Waals surface area contributed by atoms with E-state index in [4.69, 9.17) is 15.9 Å². The Morgan fingerprint density at radius 3 is 2.85 bits per heavy atom. The van der Waals surface area contributed by atoms with Crippen LogP contribution in [0.25, 0.3) is 0 Å². The summed E-state index contributed by atoms with van der Waals surface area (Å²) in [5, 5.41) is 7.48. The van der Waals surface area contributed by atoms with Crippen molar-refractivity contribution in [1.29, 1.82) is 5.41 Å². The van der Waals surface area contributed by atoms with E-state index >= 15 is 0 Å². The number of hydrogen-bond donors (Lipinski definition) is 2. The summed E-state index contributed by atoms with van der Waals surface area (Å²) in [6.07, 6.45) is 1.52. The Morgan fingerprint density at radius 1 is 1.50 bits per heavy atom. The van der Waals surface area contributed by atoms with Gasteiger partial charge in [0.15, 0.2) is 0 Å². The van der Waals surface area contributed by atoms with Gasteiger partial charge in [-0.25, -0.2) is 0 Å². The van der Waals surface area contributed by atoms with Gasteiger partial charge in [-0.15, -0.1) is 0 Å². The van der Waals surface area contributed by atoms with Crippen molar-refractivity contribution in [3.63, 3.8) is 0 Å². The third kappa shape index (κ3) is 3.38. The maximum atomic E-state index is 7.48. The normalized spacial score (nSPS) is 23.8. The quantitative estimate of drug-likeness (QED) is 0.653. The number of nitrogens with one attached hydrogen (secondary N) is 1. The van der Waals surface area contributed by atoms with Crippen molar-refractivity contribution in [2.24, 2.45) is 11.7 Å². The van der Waals surface area contributed by atoms with Gasteiger partial charge in [0, 0.05) is 25.8 Å². The first-order chi connectivity index (χ1) is 9.51. The number of hydrogen-bond acceptors (Lipinski definition) is 3. The SMILES string of the molecule is COC1CN(Cc2ccc(C(=N)N)cc2C)CCC1C. The number of piperidine rings is 1. The highest BCUT2D eigenvalue weighted by molar-refractivity contribution is 5.95. The number of ether oxygens (including phenoxy) is 1. The average Bonchev–Trinajstić information content (AvgIpc) is 2.42. The molecule has 0 saturated carbocycles.